The maximum Gasteiger partial charge on any atom is 0.338 e. The Morgan fingerprint density at radius 2 is 1.64 bits per heavy atom. The molecule has 0 aliphatic heterocycles. The number of hydrogen-bond donors (Lipinski definition) is 1. The van der Waals surface area contributed by atoms with Gasteiger partial charge in [0.05, 0.1) is 5.56 Å². The van der Waals surface area contributed by atoms with Gasteiger partial charge >= 0.3 is 5.97 Å². The van der Waals surface area contributed by atoms with Gasteiger partial charge in [0.2, 0.25) is 0 Å². The SMILES string of the molecule is CCC(CC)NC(=O)COC(=O)c1cccc(Oc2ccccc2)c1. The van der Waals surface area contributed by atoms with Gasteiger partial charge in [-0.25, -0.2) is 4.79 Å². The normalized spacial score (nSPS) is 10.4. The number of hydrogen-bond acceptors (Lipinski definition) is 4. The standard InChI is InChI=1S/C20H23NO4/c1-3-16(4-2)21-19(22)14-24-20(23)15-9-8-12-18(13-15)25-17-10-6-5-7-11-17/h5-13,16H,3-4,14H2,1-2H3,(H,21,22). The van der Waals surface area contributed by atoms with Crippen LogP contribution in [0, 0.1) is 0 Å². The van der Waals surface area contributed by atoms with Gasteiger partial charge in [-0.15, -0.1) is 0 Å². The molecule has 2 rings (SSSR count). The number of para-hydroxylation sites is 1. The highest BCUT2D eigenvalue weighted by molar-refractivity contribution is 5.91. The van der Waals surface area contributed by atoms with Gasteiger partial charge in [-0.2, -0.15) is 0 Å². The largest absolute Gasteiger partial charge is 0.457 e. The van der Waals surface area contributed by atoms with E-state index in [1.807, 2.05) is 44.2 Å². The number of benzene rings is 2. The lowest BCUT2D eigenvalue weighted by Crippen LogP contribution is -2.36. The predicted molar refractivity (Wildman–Crippen MR) is 95.8 cm³/mol. The van der Waals surface area contributed by atoms with Gasteiger partial charge in [0.15, 0.2) is 6.61 Å². The summed E-state index contributed by atoms with van der Waals surface area (Å²) in [6.07, 6.45) is 1.68. The Hall–Kier alpha value is -2.82. The number of carbonyl (C=O) groups excluding carboxylic acids is 2. The second kappa shape index (κ2) is 9.47. The highest BCUT2D eigenvalue weighted by Gasteiger charge is 2.13. The molecule has 25 heavy (non-hydrogen) atoms. The molecule has 0 aliphatic rings. The molecular weight excluding hydrogens is 318 g/mol. The number of ether oxygens (including phenoxy) is 2. The first-order valence-electron chi connectivity index (χ1n) is 8.41. The second-order valence-electron chi connectivity index (χ2n) is 5.60. The zero-order valence-corrected chi connectivity index (χ0v) is 14.5. The molecule has 1 amide bonds. The Morgan fingerprint density at radius 1 is 0.960 bits per heavy atom. The van der Waals surface area contributed by atoms with E-state index in [-0.39, 0.29) is 18.6 Å². The third kappa shape index (κ3) is 5.95. The Balaban J connectivity index is 1.91. The summed E-state index contributed by atoms with van der Waals surface area (Å²) in [5.74, 6) is 0.358. The van der Waals surface area contributed by atoms with Crippen LogP contribution in [0.2, 0.25) is 0 Å². The van der Waals surface area contributed by atoms with E-state index >= 15 is 0 Å². The highest BCUT2D eigenvalue weighted by atomic mass is 16.5. The first-order valence-corrected chi connectivity index (χ1v) is 8.41. The van der Waals surface area contributed by atoms with Crippen LogP contribution in [0.15, 0.2) is 54.6 Å². The third-order valence-corrected chi connectivity index (χ3v) is 3.73. The Kier molecular flexibility index (Phi) is 7.01. The van der Waals surface area contributed by atoms with Crippen molar-refractivity contribution >= 4 is 11.9 Å². The quantitative estimate of drug-likeness (QED) is 0.739. The molecule has 0 aliphatic carbocycles. The van der Waals surface area contributed by atoms with Crippen LogP contribution in [0.25, 0.3) is 0 Å². The monoisotopic (exact) mass is 341 g/mol. The molecule has 0 aromatic heterocycles. The number of carbonyl (C=O) groups is 2. The number of amides is 1. The van der Waals surface area contributed by atoms with Gasteiger partial charge in [0, 0.05) is 6.04 Å². The summed E-state index contributed by atoms with van der Waals surface area (Å²) in [5.41, 5.74) is 0.337. The average Bonchev–Trinajstić information content (AvgIpc) is 2.65. The lowest BCUT2D eigenvalue weighted by Gasteiger charge is -2.14. The summed E-state index contributed by atoms with van der Waals surface area (Å²) in [4.78, 5) is 23.9. The Morgan fingerprint density at radius 3 is 2.32 bits per heavy atom. The molecule has 0 atom stereocenters. The Labute approximate surface area is 148 Å². The van der Waals surface area contributed by atoms with Gasteiger partial charge in [0.1, 0.15) is 11.5 Å². The Bertz CT molecular complexity index is 696. The van der Waals surface area contributed by atoms with Crippen molar-refractivity contribution in [3.63, 3.8) is 0 Å². The first-order chi connectivity index (χ1) is 12.1. The summed E-state index contributed by atoms with van der Waals surface area (Å²) in [6, 6.07) is 16.1. The van der Waals surface area contributed by atoms with Crippen LogP contribution in [-0.2, 0) is 9.53 Å². The maximum atomic E-state index is 12.1. The van der Waals surface area contributed by atoms with Gasteiger partial charge in [-0.05, 0) is 43.2 Å². The van der Waals surface area contributed by atoms with Crippen molar-refractivity contribution in [1.29, 1.82) is 0 Å². The predicted octanol–water partition coefficient (Wildman–Crippen LogP) is 3.94. The molecule has 0 unspecified atom stereocenters. The first kappa shape index (κ1) is 18.5. The van der Waals surface area contributed by atoms with Gasteiger partial charge in [-0.3, -0.25) is 4.79 Å². The molecule has 0 heterocycles. The summed E-state index contributed by atoms with van der Waals surface area (Å²) in [7, 11) is 0. The number of esters is 1. The molecule has 132 valence electrons. The van der Waals surface area contributed by atoms with E-state index < -0.39 is 5.97 Å². The molecule has 0 fully saturated rings. The molecule has 0 bridgehead atoms. The van der Waals surface area contributed by atoms with Crippen molar-refractivity contribution in [1.82, 2.24) is 5.32 Å². The topological polar surface area (TPSA) is 64.6 Å². The lowest BCUT2D eigenvalue weighted by molar-refractivity contribution is -0.125. The summed E-state index contributed by atoms with van der Waals surface area (Å²) in [5, 5.41) is 2.83. The fourth-order valence-electron chi connectivity index (χ4n) is 2.29. The van der Waals surface area contributed by atoms with Crippen molar-refractivity contribution in [2.45, 2.75) is 32.7 Å². The van der Waals surface area contributed by atoms with Crippen LogP contribution in [0.1, 0.15) is 37.0 Å². The minimum absolute atomic E-state index is 0.105. The van der Waals surface area contributed by atoms with Gasteiger partial charge in [0.25, 0.3) is 5.91 Å². The number of rotatable bonds is 8. The minimum atomic E-state index is -0.557. The van der Waals surface area contributed by atoms with Crippen LogP contribution in [0.4, 0.5) is 0 Å². The van der Waals surface area contributed by atoms with Crippen LogP contribution in [-0.4, -0.2) is 24.5 Å². The molecule has 2 aromatic carbocycles. The van der Waals surface area contributed by atoms with E-state index in [9.17, 15) is 9.59 Å². The summed E-state index contributed by atoms with van der Waals surface area (Å²) < 4.78 is 10.8. The van der Waals surface area contributed by atoms with Crippen LogP contribution in [0.5, 0.6) is 11.5 Å². The van der Waals surface area contributed by atoms with Gasteiger partial charge < -0.3 is 14.8 Å². The molecule has 2 aromatic rings. The molecular formula is C20H23NO4. The van der Waals surface area contributed by atoms with Crippen LogP contribution in [0.3, 0.4) is 0 Å². The fraction of sp³-hybridized carbons (Fsp3) is 0.300. The van der Waals surface area contributed by atoms with E-state index in [4.69, 9.17) is 9.47 Å². The van der Waals surface area contributed by atoms with E-state index in [1.54, 1.807) is 24.3 Å². The fourth-order valence-corrected chi connectivity index (χ4v) is 2.29. The zero-order chi connectivity index (χ0) is 18.1. The summed E-state index contributed by atoms with van der Waals surface area (Å²) >= 11 is 0. The minimum Gasteiger partial charge on any atom is -0.457 e. The zero-order valence-electron chi connectivity index (χ0n) is 14.5. The highest BCUT2D eigenvalue weighted by Crippen LogP contribution is 2.22. The molecule has 0 spiro atoms. The lowest BCUT2D eigenvalue weighted by atomic mass is 10.2. The smallest absolute Gasteiger partial charge is 0.338 e. The molecule has 5 nitrogen and oxygen atoms in total. The number of nitrogens with one attached hydrogen (secondary N) is 1. The molecule has 5 heteroatoms. The van der Waals surface area contributed by atoms with E-state index in [1.165, 1.54) is 0 Å². The average molecular weight is 341 g/mol. The van der Waals surface area contributed by atoms with Crippen molar-refractivity contribution in [2.24, 2.45) is 0 Å². The second-order valence-corrected chi connectivity index (χ2v) is 5.60. The van der Waals surface area contributed by atoms with Crippen molar-refractivity contribution in [2.75, 3.05) is 6.61 Å². The molecule has 0 radical (unpaired) electrons. The van der Waals surface area contributed by atoms with E-state index in [0.717, 1.165) is 12.8 Å². The van der Waals surface area contributed by atoms with Crippen LogP contribution >= 0.6 is 0 Å². The third-order valence-electron chi connectivity index (χ3n) is 3.73. The molecule has 1 N–H and O–H groups in total. The molecule has 0 saturated carbocycles. The van der Waals surface area contributed by atoms with Crippen molar-refractivity contribution in [3.05, 3.63) is 60.2 Å². The van der Waals surface area contributed by atoms with E-state index in [0.29, 0.717) is 17.1 Å². The summed E-state index contributed by atoms with van der Waals surface area (Å²) in [6.45, 7) is 3.70. The molecule has 0 saturated heterocycles. The maximum absolute atomic E-state index is 12.1. The van der Waals surface area contributed by atoms with Crippen LogP contribution < -0.4 is 10.1 Å². The van der Waals surface area contributed by atoms with Crippen molar-refractivity contribution < 1.29 is 19.1 Å². The van der Waals surface area contributed by atoms with E-state index in [2.05, 4.69) is 5.32 Å². The van der Waals surface area contributed by atoms with Crippen molar-refractivity contribution in [3.8, 4) is 11.5 Å². The van der Waals surface area contributed by atoms with Gasteiger partial charge in [-0.1, -0.05) is 38.1 Å².